The summed E-state index contributed by atoms with van der Waals surface area (Å²) in [6, 6.07) is 9.72. The van der Waals surface area contributed by atoms with Gasteiger partial charge in [0.1, 0.15) is 11.1 Å². The molecule has 1 aliphatic carbocycles. The molecule has 1 aliphatic rings. The number of carbonyl (C=O) groups is 2. The fraction of sp³-hybridized carbons (Fsp3) is 0.529. The monoisotopic (exact) mass is 305 g/mol. The van der Waals surface area contributed by atoms with Gasteiger partial charge in [-0.05, 0) is 51.5 Å². The Balaban J connectivity index is 2.09. The molecule has 5 nitrogen and oxygen atoms in total. The molecule has 1 fully saturated rings. The van der Waals surface area contributed by atoms with Crippen LogP contribution in [-0.2, 0) is 16.0 Å². The molecule has 2 atom stereocenters. The number of carbonyl (C=O) groups excluding carboxylic acids is 1. The minimum Gasteiger partial charge on any atom is -0.479 e. The smallest absolute Gasteiger partial charge is 0.408 e. The molecule has 0 saturated heterocycles. The van der Waals surface area contributed by atoms with E-state index in [1.54, 1.807) is 20.8 Å². The number of hydrogen-bond acceptors (Lipinski definition) is 3. The van der Waals surface area contributed by atoms with Gasteiger partial charge in [0.15, 0.2) is 0 Å². The molecule has 0 spiro atoms. The molecule has 1 amide bonds. The van der Waals surface area contributed by atoms with E-state index in [0.29, 0.717) is 12.8 Å². The molecule has 5 heteroatoms. The predicted molar refractivity (Wildman–Crippen MR) is 82.6 cm³/mol. The summed E-state index contributed by atoms with van der Waals surface area (Å²) in [5.74, 6) is -1.12. The molecule has 0 bridgehead atoms. The number of nitrogens with one attached hydrogen (secondary N) is 1. The molecule has 1 aromatic rings. The first-order chi connectivity index (χ1) is 10.2. The zero-order valence-electron chi connectivity index (χ0n) is 13.3. The second kappa shape index (κ2) is 5.99. The van der Waals surface area contributed by atoms with Crippen LogP contribution < -0.4 is 5.32 Å². The lowest BCUT2D eigenvalue weighted by Crippen LogP contribution is -2.66. The highest BCUT2D eigenvalue weighted by molar-refractivity contribution is 5.86. The largest absolute Gasteiger partial charge is 0.479 e. The Morgan fingerprint density at radius 3 is 2.41 bits per heavy atom. The van der Waals surface area contributed by atoms with Gasteiger partial charge in [0.05, 0.1) is 0 Å². The fourth-order valence-electron chi connectivity index (χ4n) is 2.80. The zero-order chi connectivity index (χ0) is 16.4. The molecular weight excluding hydrogens is 282 g/mol. The Bertz CT molecular complexity index is 550. The molecule has 120 valence electrons. The van der Waals surface area contributed by atoms with Crippen molar-refractivity contribution in [3.63, 3.8) is 0 Å². The Kier molecular flexibility index (Phi) is 4.44. The normalized spacial score (nSPS) is 24.2. The van der Waals surface area contributed by atoms with E-state index < -0.39 is 23.2 Å². The summed E-state index contributed by atoms with van der Waals surface area (Å²) in [5, 5.41) is 12.2. The number of alkyl carbamates (subject to hydrolysis) is 1. The first-order valence-corrected chi connectivity index (χ1v) is 7.51. The van der Waals surface area contributed by atoms with E-state index in [0.717, 1.165) is 12.0 Å². The number of benzene rings is 1. The number of carboxylic acid groups (broad SMARTS) is 1. The second-order valence-electron chi connectivity index (χ2n) is 6.83. The molecule has 0 unspecified atom stereocenters. The highest BCUT2D eigenvalue weighted by Crippen LogP contribution is 2.41. The van der Waals surface area contributed by atoms with Gasteiger partial charge in [0.25, 0.3) is 0 Å². The molecule has 1 saturated carbocycles. The number of rotatable bonds is 4. The van der Waals surface area contributed by atoms with E-state index in [1.165, 1.54) is 0 Å². The van der Waals surface area contributed by atoms with Crippen molar-refractivity contribution in [1.82, 2.24) is 5.32 Å². The van der Waals surface area contributed by atoms with Gasteiger partial charge in [-0.1, -0.05) is 30.3 Å². The van der Waals surface area contributed by atoms with Crippen molar-refractivity contribution in [1.29, 1.82) is 0 Å². The maximum absolute atomic E-state index is 12.0. The van der Waals surface area contributed by atoms with Gasteiger partial charge in [-0.3, -0.25) is 0 Å². The van der Waals surface area contributed by atoms with Crippen molar-refractivity contribution in [3.8, 4) is 0 Å². The fourth-order valence-corrected chi connectivity index (χ4v) is 2.80. The van der Waals surface area contributed by atoms with Crippen LogP contribution in [-0.4, -0.2) is 28.3 Å². The van der Waals surface area contributed by atoms with E-state index in [1.807, 2.05) is 30.3 Å². The number of amides is 1. The van der Waals surface area contributed by atoms with Gasteiger partial charge in [-0.2, -0.15) is 0 Å². The number of ether oxygens (including phenoxy) is 1. The molecule has 1 aromatic carbocycles. The van der Waals surface area contributed by atoms with E-state index in [4.69, 9.17) is 4.74 Å². The minimum atomic E-state index is -1.22. The third-order valence-electron chi connectivity index (χ3n) is 4.01. The van der Waals surface area contributed by atoms with Crippen LogP contribution in [0.25, 0.3) is 0 Å². The maximum atomic E-state index is 12.0. The van der Waals surface area contributed by atoms with Gasteiger partial charge in [-0.25, -0.2) is 9.59 Å². The summed E-state index contributed by atoms with van der Waals surface area (Å²) < 4.78 is 5.20. The number of carboxylic acids is 1. The van der Waals surface area contributed by atoms with Crippen LogP contribution in [0.1, 0.15) is 39.2 Å². The molecule has 2 N–H and O–H groups in total. The van der Waals surface area contributed by atoms with Crippen LogP contribution in [0.4, 0.5) is 4.79 Å². The van der Waals surface area contributed by atoms with Crippen molar-refractivity contribution in [2.75, 3.05) is 0 Å². The average Bonchev–Trinajstić information content (AvgIpc) is 2.40. The van der Waals surface area contributed by atoms with E-state index in [9.17, 15) is 14.7 Å². The summed E-state index contributed by atoms with van der Waals surface area (Å²) in [6.07, 6.45) is 1.16. The highest BCUT2D eigenvalue weighted by Gasteiger charge is 2.54. The third-order valence-corrected chi connectivity index (χ3v) is 4.01. The summed E-state index contributed by atoms with van der Waals surface area (Å²) in [7, 11) is 0. The van der Waals surface area contributed by atoms with Gasteiger partial charge >= 0.3 is 12.1 Å². The van der Waals surface area contributed by atoms with E-state index >= 15 is 0 Å². The average molecular weight is 305 g/mol. The lowest BCUT2D eigenvalue weighted by Gasteiger charge is -2.46. The molecular formula is C17H23NO4. The Morgan fingerprint density at radius 1 is 1.32 bits per heavy atom. The third kappa shape index (κ3) is 3.59. The van der Waals surface area contributed by atoms with Gasteiger partial charge in [0, 0.05) is 0 Å². The molecule has 2 rings (SSSR count). The molecule has 0 radical (unpaired) electrons. The molecule has 0 heterocycles. The summed E-state index contributed by atoms with van der Waals surface area (Å²) >= 11 is 0. The van der Waals surface area contributed by atoms with Crippen molar-refractivity contribution in [2.45, 2.75) is 51.2 Å². The van der Waals surface area contributed by atoms with Gasteiger partial charge in [-0.15, -0.1) is 0 Å². The van der Waals surface area contributed by atoms with E-state index in [2.05, 4.69) is 5.32 Å². The van der Waals surface area contributed by atoms with Crippen LogP contribution in [0, 0.1) is 5.92 Å². The summed E-state index contributed by atoms with van der Waals surface area (Å²) in [4.78, 5) is 23.7. The lowest BCUT2D eigenvalue weighted by molar-refractivity contribution is -0.153. The van der Waals surface area contributed by atoms with Crippen LogP contribution >= 0.6 is 0 Å². The van der Waals surface area contributed by atoms with Crippen LogP contribution in [0.5, 0.6) is 0 Å². The van der Waals surface area contributed by atoms with Crippen LogP contribution in [0.15, 0.2) is 30.3 Å². The van der Waals surface area contributed by atoms with Gasteiger partial charge < -0.3 is 15.2 Å². The summed E-state index contributed by atoms with van der Waals surface area (Å²) in [6.45, 7) is 5.26. The molecule has 0 aliphatic heterocycles. The quantitative estimate of drug-likeness (QED) is 0.896. The standard InChI is InChI=1S/C17H23NO4/c1-16(2,3)22-15(21)18-17(14(19)20)10-9-13(17)11-12-7-5-4-6-8-12/h4-8,13H,9-11H2,1-3H3,(H,18,21)(H,19,20)/t13-,17+/m1/s1. The predicted octanol–water partition coefficient (Wildman–Crippen LogP) is 2.99. The van der Waals surface area contributed by atoms with Crippen LogP contribution in [0.2, 0.25) is 0 Å². The van der Waals surface area contributed by atoms with Crippen molar-refractivity contribution < 1.29 is 19.4 Å². The molecule has 0 aromatic heterocycles. The topological polar surface area (TPSA) is 75.6 Å². The summed E-state index contributed by atoms with van der Waals surface area (Å²) in [5.41, 5.74) is -0.801. The lowest BCUT2D eigenvalue weighted by atomic mass is 9.64. The van der Waals surface area contributed by atoms with Crippen molar-refractivity contribution >= 4 is 12.1 Å². The number of aliphatic carboxylic acids is 1. The Labute approximate surface area is 130 Å². The second-order valence-corrected chi connectivity index (χ2v) is 6.83. The SMILES string of the molecule is CC(C)(C)OC(=O)N[C@@]1(C(=O)O)CC[C@@H]1Cc1ccccc1. The van der Waals surface area contributed by atoms with Gasteiger partial charge in [0.2, 0.25) is 0 Å². The number of hydrogen-bond donors (Lipinski definition) is 2. The van der Waals surface area contributed by atoms with E-state index in [-0.39, 0.29) is 5.92 Å². The highest BCUT2D eigenvalue weighted by atomic mass is 16.6. The molecule has 22 heavy (non-hydrogen) atoms. The van der Waals surface area contributed by atoms with Crippen molar-refractivity contribution in [2.24, 2.45) is 5.92 Å². The van der Waals surface area contributed by atoms with Crippen LogP contribution in [0.3, 0.4) is 0 Å². The maximum Gasteiger partial charge on any atom is 0.408 e. The zero-order valence-corrected chi connectivity index (χ0v) is 13.3. The first-order valence-electron chi connectivity index (χ1n) is 7.51. The first kappa shape index (κ1) is 16.3. The Hall–Kier alpha value is -2.04. The Morgan fingerprint density at radius 2 is 1.95 bits per heavy atom. The minimum absolute atomic E-state index is 0.125. The van der Waals surface area contributed by atoms with Crippen molar-refractivity contribution in [3.05, 3.63) is 35.9 Å².